The SMILES string of the molecule is C[C@@H]1CSc2ccc(S(=O)(=O)N3CCCC3)cc2N(CC(=O)N(C)Cc2ccccc2)C1=O. The molecule has 2 aliphatic heterocycles. The van der Waals surface area contributed by atoms with Gasteiger partial charge in [0.25, 0.3) is 0 Å². The molecular formula is C24H29N3O4S2. The quantitative estimate of drug-likeness (QED) is 0.625. The summed E-state index contributed by atoms with van der Waals surface area (Å²) in [4.78, 5) is 30.3. The van der Waals surface area contributed by atoms with Crippen molar-refractivity contribution >= 4 is 39.3 Å². The van der Waals surface area contributed by atoms with Crippen molar-refractivity contribution < 1.29 is 18.0 Å². The molecule has 7 nitrogen and oxygen atoms in total. The summed E-state index contributed by atoms with van der Waals surface area (Å²) in [7, 11) is -1.92. The van der Waals surface area contributed by atoms with Crippen LogP contribution in [0.5, 0.6) is 0 Å². The highest BCUT2D eigenvalue weighted by Crippen LogP contribution is 2.38. The molecule has 0 aromatic heterocycles. The van der Waals surface area contributed by atoms with Crippen LogP contribution in [0.25, 0.3) is 0 Å². The van der Waals surface area contributed by atoms with Crippen molar-refractivity contribution in [2.45, 2.75) is 36.1 Å². The Kier molecular flexibility index (Phi) is 7.11. The number of hydrogen-bond acceptors (Lipinski definition) is 5. The van der Waals surface area contributed by atoms with E-state index < -0.39 is 10.0 Å². The van der Waals surface area contributed by atoms with Crippen molar-refractivity contribution in [2.24, 2.45) is 5.92 Å². The van der Waals surface area contributed by atoms with Gasteiger partial charge in [-0.1, -0.05) is 37.3 Å². The highest BCUT2D eigenvalue weighted by molar-refractivity contribution is 7.99. The van der Waals surface area contributed by atoms with E-state index in [4.69, 9.17) is 0 Å². The van der Waals surface area contributed by atoms with Crippen molar-refractivity contribution in [3.8, 4) is 0 Å². The van der Waals surface area contributed by atoms with E-state index in [0.29, 0.717) is 31.1 Å². The van der Waals surface area contributed by atoms with E-state index >= 15 is 0 Å². The lowest BCUT2D eigenvalue weighted by Gasteiger charge is -2.27. The monoisotopic (exact) mass is 487 g/mol. The molecule has 33 heavy (non-hydrogen) atoms. The Morgan fingerprint density at radius 3 is 2.52 bits per heavy atom. The minimum atomic E-state index is -3.63. The maximum Gasteiger partial charge on any atom is 0.243 e. The molecule has 2 aromatic rings. The zero-order valence-corrected chi connectivity index (χ0v) is 20.6. The number of rotatable bonds is 6. The number of hydrogen-bond donors (Lipinski definition) is 0. The summed E-state index contributed by atoms with van der Waals surface area (Å²) in [5.74, 6) is -0.0778. The van der Waals surface area contributed by atoms with Crippen LogP contribution in [0.15, 0.2) is 58.3 Å². The highest BCUT2D eigenvalue weighted by atomic mass is 32.2. The minimum absolute atomic E-state index is 0.132. The van der Waals surface area contributed by atoms with Crippen LogP contribution in [-0.4, -0.2) is 61.9 Å². The van der Waals surface area contributed by atoms with Crippen molar-refractivity contribution in [3.63, 3.8) is 0 Å². The number of fused-ring (bicyclic) bond motifs is 1. The van der Waals surface area contributed by atoms with Gasteiger partial charge < -0.3 is 9.80 Å². The lowest BCUT2D eigenvalue weighted by Crippen LogP contribution is -2.43. The zero-order valence-electron chi connectivity index (χ0n) is 18.9. The number of sulfonamides is 1. The highest BCUT2D eigenvalue weighted by Gasteiger charge is 2.33. The smallest absolute Gasteiger partial charge is 0.243 e. The summed E-state index contributed by atoms with van der Waals surface area (Å²) in [6.07, 6.45) is 1.70. The summed E-state index contributed by atoms with van der Waals surface area (Å²) in [5, 5.41) is 0. The zero-order chi connectivity index (χ0) is 23.6. The van der Waals surface area contributed by atoms with E-state index in [9.17, 15) is 18.0 Å². The minimum Gasteiger partial charge on any atom is -0.340 e. The van der Waals surface area contributed by atoms with E-state index in [0.717, 1.165) is 23.3 Å². The molecule has 2 amide bonds. The molecule has 2 aromatic carbocycles. The topological polar surface area (TPSA) is 78.0 Å². The number of amides is 2. The van der Waals surface area contributed by atoms with Crippen LogP contribution in [0.4, 0.5) is 5.69 Å². The van der Waals surface area contributed by atoms with Crippen LogP contribution >= 0.6 is 11.8 Å². The van der Waals surface area contributed by atoms with Crippen LogP contribution in [0.3, 0.4) is 0 Å². The number of anilines is 1. The lowest BCUT2D eigenvalue weighted by atomic mass is 10.1. The number of carbonyl (C=O) groups is 2. The molecule has 0 aliphatic carbocycles. The standard InChI is InChI=1S/C24H29N3O4S2/c1-18-17-32-22-11-10-20(33(30,31)26-12-6-7-13-26)14-21(22)27(24(18)29)16-23(28)25(2)15-19-8-4-3-5-9-19/h3-5,8-11,14,18H,6-7,12-13,15-17H2,1-2H3/t18-/m1/s1. The van der Waals surface area contributed by atoms with Crippen molar-refractivity contribution in [1.82, 2.24) is 9.21 Å². The van der Waals surface area contributed by atoms with Crippen LogP contribution in [-0.2, 0) is 26.2 Å². The summed E-state index contributed by atoms with van der Waals surface area (Å²) in [6, 6.07) is 14.6. The molecule has 4 rings (SSSR count). The van der Waals surface area contributed by atoms with Gasteiger partial charge in [0.15, 0.2) is 0 Å². The Labute approximate surface area is 199 Å². The van der Waals surface area contributed by atoms with Gasteiger partial charge in [-0.25, -0.2) is 8.42 Å². The van der Waals surface area contributed by atoms with Crippen LogP contribution < -0.4 is 4.90 Å². The number of benzene rings is 2. The molecule has 2 aliphatic rings. The van der Waals surface area contributed by atoms with E-state index in [2.05, 4.69) is 0 Å². The number of thioether (sulfide) groups is 1. The van der Waals surface area contributed by atoms with Gasteiger partial charge in [-0.3, -0.25) is 9.59 Å². The Balaban J connectivity index is 1.63. The Morgan fingerprint density at radius 2 is 1.82 bits per heavy atom. The molecule has 9 heteroatoms. The number of nitrogens with zero attached hydrogens (tertiary/aromatic N) is 3. The summed E-state index contributed by atoms with van der Waals surface area (Å²) in [6.45, 7) is 3.16. The second kappa shape index (κ2) is 9.87. The fourth-order valence-corrected chi connectivity index (χ4v) is 6.69. The first-order valence-corrected chi connectivity index (χ1v) is 13.6. The first-order valence-electron chi connectivity index (χ1n) is 11.1. The molecule has 0 N–H and O–H groups in total. The third-order valence-corrected chi connectivity index (χ3v) is 9.30. The molecule has 0 bridgehead atoms. The normalized spacial score (nSPS) is 19.3. The second-order valence-corrected chi connectivity index (χ2v) is 11.6. The molecule has 1 atom stereocenters. The number of carbonyl (C=O) groups excluding carboxylic acids is 2. The molecule has 0 saturated carbocycles. The van der Waals surface area contributed by atoms with Gasteiger partial charge in [-0.15, -0.1) is 11.8 Å². The first-order chi connectivity index (χ1) is 15.8. The van der Waals surface area contributed by atoms with Gasteiger partial charge in [0.1, 0.15) is 6.54 Å². The maximum atomic E-state index is 13.2. The largest absolute Gasteiger partial charge is 0.340 e. The lowest BCUT2D eigenvalue weighted by molar-refractivity contribution is -0.131. The number of likely N-dealkylation sites (N-methyl/N-ethyl adjacent to an activating group) is 1. The van der Waals surface area contributed by atoms with Crippen LogP contribution in [0.1, 0.15) is 25.3 Å². The van der Waals surface area contributed by atoms with Crippen molar-refractivity contribution in [1.29, 1.82) is 0 Å². The molecule has 176 valence electrons. The Hall–Kier alpha value is -2.36. The molecule has 0 spiro atoms. The van der Waals surface area contributed by atoms with Gasteiger partial charge in [-0.2, -0.15) is 4.31 Å². The van der Waals surface area contributed by atoms with Gasteiger partial charge >= 0.3 is 0 Å². The third kappa shape index (κ3) is 5.10. The maximum absolute atomic E-state index is 13.2. The summed E-state index contributed by atoms with van der Waals surface area (Å²) >= 11 is 1.52. The molecule has 2 heterocycles. The predicted molar refractivity (Wildman–Crippen MR) is 130 cm³/mol. The average molecular weight is 488 g/mol. The molecule has 1 fully saturated rings. The average Bonchev–Trinajstić information content (AvgIpc) is 3.33. The predicted octanol–water partition coefficient (Wildman–Crippen LogP) is 3.20. The molecular weight excluding hydrogens is 458 g/mol. The second-order valence-electron chi connectivity index (χ2n) is 8.61. The summed E-state index contributed by atoms with van der Waals surface area (Å²) < 4.78 is 27.8. The van der Waals surface area contributed by atoms with Crippen LogP contribution in [0.2, 0.25) is 0 Å². The van der Waals surface area contributed by atoms with E-state index in [1.54, 1.807) is 30.1 Å². The van der Waals surface area contributed by atoms with E-state index in [1.165, 1.54) is 21.0 Å². The van der Waals surface area contributed by atoms with E-state index in [-0.39, 0.29) is 29.2 Å². The van der Waals surface area contributed by atoms with Gasteiger partial charge in [0, 0.05) is 43.2 Å². The first kappa shape index (κ1) is 23.8. The molecule has 0 unspecified atom stereocenters. The van der Waals surface area contributed by atoms with Gasteiger partial charge in [0.2, 0.25) is 21.8 Å². The fraction of sp³-hybridized carbons (Fsp3) is 0.417. The van der Waals surface area contributed by atoms with Crippen LogP contribution in [0, 0.1) is 5.92 Å². The van der Waals surface area contributed by atoms with Crippen molar-refractivity contribution in [3.05, 3.63) is 54.1 Å². The third-order valence-electron chi connectivity index (χ3n) is 6.08. The molecule has 0 radical (unpaired) electrons. The Morgan fingerprint density at radius 1 is 1.12 bits per heavy atom. The van der Waals surface area contributed by atoms with E-state index in [1.807, 2.05) is 37.3 Å². The summed E-state index contributed by atoms with van der Waals surface area (Å²) in [5.41, 5.74) is 1.50. The van der Waals surface area contributed by atoms with Gasteiger partial charge in [-0.05, 0) is 36.6 Å². The van der Waals surface area contributed by atoms with Gasteiger partial charge in [0.05, 0.1) is 10.6 Å². The Bertz CT molecular complexity index is 1130. The van der Waals surface area contributed by atoms with Crippen molar-refractivity contribution in [2.75, 3.05) is 37.3 Å². The fourth-order valence-electron chi connectivity index (χ4n) is 4.10. The molecule has 1 saturated heterocycles.